The minimum Gasteiger partial charge on any atom is -0.326 e. The maximum absolute atomic E-state index is 12.5. The van der Waals surface area contributed by atoms with Gasteiger partial charge in [-0.05, 0) is 30.4 Å². The minimum atomic E-state index is -3.47. The van der Waals surface area contributed by atoms with E-state index in [1.54, 1.807) is 12.1 Å². The van der Waals surface area contributed by atoms with Crippen molar-refractivity contribution in [2.75, 3.05) is 13.1 Å². The van der Waals surface area contributed by atoms with Crippen molar-refractivity contribution in [1.29, 1.82) is 0 Å². The van der Waals surface area contributed by atoms with Gasteiger partial charge >= 0.3 is 0 Å². The Morgan fingerprint density at radius 2 is 2.16 bits per heavy atom. The molecule has 0 atom stereocenters. The van der Waals surface area contributed by atoms with Crippen LogP contribution in [-0.2, 0) is 16.6 Å². The number of aromatic nitrogens is 1. The molecule has 2 N–H and O–H groups in total. The van der Waals surface area contributed by atoms with Crippen LogP contribution in [0.2, 0.25) is 0 Å². The van der Waals surface area contributed by atoms with Crippen molar-refractivity contribution >= 4 is 10.0 Å². The second kappa shape index (κ2) is 5.98. The van der Waals surface area contributed by atoms with Gasteiger partial charge in [0.2, 0.25) is 0 Å². The number of hydrogen-bond donors (Lipinski definition) is 1. The molecule has 0 spiro atoms. The Kier molecular flexibility index (Phi) is 4.54. The largest absolute Gasteiger partial charge is 0.326 e. The fourth-order valence-electron chi connectivity index (χ4n) is 2.18. The van der Waals surface area contributed by atoms with Crippen molar-refractivity contribution in [2.45, 2.75) is 37.8 Å². The Morgan fingerprint density at radius 3 is 2.58 bits per heavy atom. The molecule has 19 heavy (non-hydrogen) atoms. The molecule has 0 saturated heterocycles. The lowest BCUT2D eigenvalue weighted by Crippen LogP contribution is -2.37. The molecule has 1 aliphatic rings. The van der Waals surface area contributed by atoms with Crippen LogP contribution in [0, 0.1) is 5.92 Å². The topological polar surface area (TPSA) is 76.3 Å². The van der Waals surface area contributed by atoms with Crippen LogP contribution in [0.1, 0.15) is 31.7 Å². The summed E-state index contributed by atoms with van der Waals surface area (Å²) in [6, 6.07) is 3.26. The first kappa shape index (κ1) is 14.4. The SMILES string of the molecule is CCN(CC1CCC1)S(=O)(=O)c1ccc(CN)cn1. The highest BCUT2D eigenvalue weighted by Crippen LogP contribution is 2.28. The third-order valence-electron chi connectivity index (χ3n) is 3.68. The third kappa shape index (κ3) is 3.13. The molecule has 5 nitrogen and oxygen atoms in total. The molecule has 0 aromatic carbocycles. The first-order chi connectivity index (χ1) is 9.07. The van der Waals surface area contributed by atoms with Crippen LogP contribution in [0.15, 0.2) is 23.4 Å². The lowest BCUT2D eigenvalue weighted by atomic mass is 9.85. The highest BCUT2D eigenvalue weighted by molar-refractivity contribution is 7.89. The van der Waals surface area contributed by atoms with Crippen LogP contribution in [0.25, 0.3) is 0 Å². The summed E-state index contributed by atoms with van der Waals surface area (Å²) in [6.45, 7) is 3.33. The zero-order chi connectivity index (χ0) is 13.9. The molecule has 2 rings (SSSR count). The van der Waals surface area contributed by atoms with Crippen molar-refractivity contribution in [3.63, 3.8) is 0 Å². The van der Waals surface area contributed by atoms with Crippen molar-refractivity contribution < 1.29 is 8.42 Å². The van der Waals surface area contributed by atoms with Crippen LogP contribution in [0.4, 0.5) is 0 Å². The summed E-state index contributed by atoms with van der Waals surface area (Å²) in [6.07, 6.45) is 5.01. The lowest BCUT2D eigenvalue weighted by molar-refractivity contribution is 0.249. The van der Waals surface area contributed by atoms with Gasteiger partial charge in [0.05, 0.1) is 0 Å². The van der Waals surface area contributed by atoms with E-state index >= 15 is 0 Å². The second-order valence-electron chi connectivity index (χ2n) is 4.96. The van der Waals surface area contributed by atoms with Gasteiger partial charge in [0, 0.05) is 25.8 Å². The van der Waals surface area contributed by atoms with Crippen LogP contribution >= 0.6 is 0 Å². The Morgan fingerprint density at radius 1 is 1.42 bits per heavy atom. The molecule has 0 unspecified atom stereocenters. The fourth-order valence-corrected chi connectivity index (χ4v) is 3.61. The van der Waals surface area contributed by atoms with Crippen molar-refractivity contribution in [3.8, 4) is 0 Å². The van der Waals surface area contributed by atoms with Crippen LogP contribution < -0.4 is 5.73 Å². The molecular weight excluding hydrogens is 262 g/mol. The van der Waals surface area contributed by atoms with E-state index in [1.165, 1.54) is 16.9 Å². The van der Waals surface area contributed by atoms with Crippen LogP contribution in [-0.4, -0.2) is 30.8 Å². The monoisotopic (exact) mass is 283 g/mol. The number of sulfonamides is 1. The van der Waals surface area contributed by atoms with E-state index in [2.05, 4.69) is 4.98 Å². The standard InChI is InChI=1S/C13H21N3O2S/c1-2-16(10-11-4-3-5-11)19(17,18)13-7-6-12(8-14)9-15-13/h6-7,9,11H,2-5,8,10,14H2,1H3. The lowest BCUT2D eigenvalue weighted by Gasteiger charge is -2.30. The molecule has 0 aliphatic heterocycles. The molecule has 1 aromatic rings. The van der Waals surface area contributed by atoms with Gasteiger partial charge in [-0.2, -0.15) is 4.31 Å². The van der Waals surface area contributed by atoms with E-state index in [-0.39, 0.29) is 5.03 Å². The molecule has 1 heterocycles. The second-order valence-corrected chi connectivity index (χ2v) is 6.85. The minimum absolute atomic E-state index is 0.117. The quantitative estimate of drug-likeness (QED) is 0.855. The average molecular weight is 283 g/mol. The van der Waals surface area contributed by atoms with Gasteiger partial charge in [-0.1, -0.05) is 19.4 Å². The maximum atomic E-state index is 12.5. The smallest absolute Gasteiger partial charge is 0.260 e. The van der Waals surface area contributed by atoms with Gasteiger partial charge in [0.25, 0.3) is 10.0 Å². The molecule has 1 aliphatic carbocycles. The van der Waals surface area contributed by atoms with Crippen molar-refractivity contribution in [1.82, 2.24) is 9.29 Å². The Bertz CT molecular complexity index is 509. The van der Waals surface area contributed by atoms with E-state index in [9.17, 15) is 8.42 Å². The van der Waals surface area contributed by atoms with E-state index in [0.717, 1.165) is 18.4 Å². The number of nitrogens with zero attached hydrogens (tertiary/aromatic N) is 2. The first-order valence-electron chi connectivity index (χ1n) is 6.73. The number of hydrogen-bond acceptors (Lipinski definition) is 4. The zero-order valence-corrected chi connectivity index (χ0v) is 12.1. The van der Waals surface area contributed by atoms with Gasteiger partial charge in [0.1, 0.15) is 0 Å². The number of nitrogens with two attached hydrogens (primary N) is 1. The maximum Gasteiger partial charge on any atom is 0.260 e. The third-order valence-corrected chi connectivity index (χ3v) is 5.53. The highest BCUT2D eigenvalue weighted by atomic mass is 32.2. The summed E-state index contributed by atoms with van der Waals surface area (Å²) in [7, 11) is -3.47. The van der Waals surface area contributed by atoms with Crippen molar-refractivity contribution in [3.05, 3.63) is 23.9 Å². The molecular formula is C13H21N3O2S. The highest BCUT2D eigenvalue weighted by Gasteiger charge is 2.29. The zero-order valence-electron chi connectivity index (χ0n) is 11.2. The summed E-state index contributed by atoms with van der Waals surface area (Å²) in [5.41, 5.74) is 6.32. The summed E-state index contributed by atoms with van der Waals surface area (Å²) in [5.74, 6) is 0.512. The normalized spacial score (nSPS) is 16.6. The summed E-state index contributed by atoms with van der Waals surface area (Å²) in [5, 5.41) is 0.117. The molecule has 1 aromatic heterocycles. The van der Waals surface area contributed by atoms with Gasteiger partial charge < -0.3 is 5.73 Å². The molecule has 0 bridgehead atoms. The predicted octanol–water partition coefficient (Wildman–Crippen LogP) is 1.35. The van der Waals surface area contributed by atoms with Gasteiger partial charge in [-0.15, -0.1) is 0 Å². The Hall–Kier alpha value is -0.980. The van der Waals surface area contributed by atoms with E-state index in [1.807, 2.05) is 6.92 Å². The molecule has 1 fully saturated rings. The first-order valence-corrected chi connectivity index (χ1v) is 8.17. The predicted molar refractivity (Wildman–Crippen MR) is 73.9 cm³/mol. The number of rotatable bonds is 6. The molecule has 1 saturated carbocycles. The Balaban J connectivity index is 2.17. The fraction of sp³-hybridized carbons (Fsp3) is 0.615. The average Bonchev–Trinajstić information content (AvgIpc) is 2.37. The molecule has 6 heteroatoms. The van der Waals surface area contributed by atoms with Crippen molar-refractivity contribution in [2.24, 2.45) is 11.7 Å². The molecule has 0 radical (unpaired) electrons. The molecule has 0 amide bonds. The van der Waals surface area contributed by atoms with E-state index in [0.29, 0.717) is 25.6 Å². The van der Waals surface area contributed by atoms with Gasteiger partial charge in [0.15, 0.2) is 5.03 Å². The number of pyridine rings is 1. The van der Waals surface area contributed by atoms with E-state index in [4.69, 9.17) is 5.73 Å². The summed E-state index contributed by atoms with van der Waals surface area (Å²) in [4.78, 5) is 4.03. The molecule has 106 valence electrons. The van der Waals surface area contributed by atoms with E-state index < -0.39 is 10.0 Å². The van der Waals surface area contributed by atoms with Crippen LogP contribution in [0.5, 0.6) is 0 Å². The van der Waals surface area contributed by atoms with Crippen LogP contribution in [0.3, 0.4) is 0 Å². The summed E-state index contributed by atoms with van der Waals surface area (Å²) >= 11 is 0. The van der Waals surface area contributed by atoms with Gasteiger partial charge in [-0.3, -0.25) is 0 Å². The Labute approximate surface area is 114 Å². The summed E-state index contributed by atoms with van der Waals surface area (Å²) < 4.78 is 26.5. The van der Waals surface area contributed by atoms with Gasteiger partial charge in [-0.25, -0.2) is 13.4 Å².